The fraction of sp³-hybridized carbons (Fsp3) is 0.800. The maximum absolute atomic E-state index is 12.1. The molecular weight excluding hydrogens is 244 g/mol. The zero-order valence-corrected chi connectivity index (χ0v) is 10.7. The summed E-state index contributed by atoms with van der Waals surface area (Å²) in [6.45, 7) is 2.61. The van der Waals surface area contributed by atoms with Crippen LogP contribution in [-0.4, -0.2) is 69.4 Å². The van der Waals surface area contributed by atoms with Crippen molar-refractivity contribution in [3.8, 4) is 0 Å². The number of carboxylic acids is 1. The van der Waals surface area contributed by atoms with E-state index in [1.54, 1.807) is 0 Å². The molecule has 1 atom stereocenters. The predicted molar refractivity (Wildman–Crippen MR) is 64.9 cm³/mol. The Hall–Kier alpha value is -0.950. The molecule has 0 aromatic carbocycles. The number of rotatable bonds is 5. The molecule has 6 nitrogen and oxygen atoms in total. The van der Waals surface area contributed by atoms with Crippen LogP contribution in [0.4, 0.5) is 4.79 Å². The second-order valence-corrected chi connectivity index (χ2v) is 4.82. The normalized spacial score (nSPS) is 19.4. The third-order valence-corrected chi connectivity index (χ3v) is 3.56. The van der Waals surface area contributed by atoms with Gasteiger partial charge in [0.1, 0.15) is 6.04 Å². The van der Waals surface area contributed by atoms with Crippen LogP contribution in [0.3, 0.4) is 0 Å². The summed E-state index contributed by atoms with van der Waals surface area (Å²) in [7, 11) is 0. The molecule has 0 aromatic rings. The highest BCUT2D eigenvalue weighted by Gasteiger charge is 2.36. The van der Waals surface area contributed by atoms with Gasteiger partial charge in [0.2, 0.25) is 0 Å². The Morgan fingerprint density at radius 1 is 1.47 bits per heavy atom. The molecule has 7 heteroatoms. The molecule has 1 rings (SSSR count). The number of urea groups is 1. The molecule has 1 aliphatic rings. The van der Waals surface area contributed by atoms with E-state index >= 15 is 0 Å². The van der Waals surface area contributed by atoms with Gasteiger partial charge in [0.15, 0.2) is 0 Å². The van der Waals surface area contributed by atoms with Crippen molar-refractivity contribution in [1.82, 2.24) is 9.80 Å². The third kappa shape index (κ3) is 3.50. The first-order chi connectivity index (χ1) is 8.11. The number of nitrogens with zero attached hydrogens (tertiary/aromatic N) is 2. The molecule has 17 heavy (non-hydrogen) atoms. The summed E-state index contributed by atoms with van der Waals surface area (Å²) in [4.78, 5) is 25.9. The van der Waals surface area contributed by atoms with Crippen LogP contribution >= 0.6 is 11.8 Å². The largest absolute Gasteiger partial charge is 0.480 e. The Balaban J connectivity index is 2.68. The van der Waals surface area contributed by atoms with E-state index in [1.807, 2.05) is 6.92 Å². The minimum Gasteiger partial charge on any atom is -0.480 e. The fourth-order valence-electron chi connectivity index (χ4n) is 1.71. The summed E-state index contributed by atoms with van der Waals surface area (Å²) >= 11 is 1.44. The van der Waals surface area contributed by atoms with Crippen LogP contribution in [0, 0.1) is 0 Å². The minimum absolute atomic E-state index is 0.107. The van der Waals surface area contributed by atoms with Gasteiger partial charge in [-0.15, -0.1) is 11.8 Å². The number of carbonyl (C=O) groups is 2. The summed E-state index contributed by atoms with van der Waals surface area (Å²) in [5, 5.41) is 17.9. The minimum atomic E-state index is -0.969. The number of thioether (sulfide) groups is 1. The van der Waals surface area contributed by atoms with Crippen molar-refractivity contribution in [2.24, 2.45) is 0 Å². The molecule has 1 saturated heterocycles. The number of hydrogen-bond acceptors (Lipinski definition) is 4. The summed E-state index contributed by atoms with van der Waals surface area (Å²) in [6.07, 6.45) is 0.782. The molecule has 0 aromatic heterocycles. The first kappa shape index (κ1) is 14.1. The lowest BCUT2D eigenvalue weighted by molar-refractivity contribution is -0.140. The van der Waals surface area contributed by atoms with Gasteiger partial charge in [0.25, 0.3) is 0 Å². The average molecular weight is 262 g/mol. The second kappa shape index (κ2) is 6.70. The molecule has 0 spiro atoms. The van der Waals surface area contributed by atoms with Crippen LogP contribution in [0.5, 0.6) is 0 Å². The topological polar surface area (TPSA) is 81.1 Å². The fourth-order valence-corrected chi connectivity index (χ4v) is 2.85. The SMILES string of the molecule is CCCN(CCO)C(=O)N1CSCC1C(=O)O. The predicted octanol–water partition coefficient (Wildman–Crippen LogP) is 0.270. The zero-order chi connectivity index (χ0) is 12.8. The Bertz CT molecular complexity index is 281. The quantitative estimate of drug-likeness (QED) is 0.743. The number of carbonyl (C=O) groups excluding carboxylic acids is 1. The molecule has 1 fully saturated rings. The van der Waals surface area contributed by atoms with Gasteiger partial charge >= 0.3 is 12.0 Å². The Morgan fingerprint density at radius 3 is 2.71 bits per heavy atom. The maximum atomic E-state index is 12.1. The van der Waals surface area contributed by atoms with E-state index in [-0.39, 0.29) is 19.2 Å². The molecule has 98 valence electrons. The van der Waals surface area contributed by atoms with Crippen molar-refractivity contribution < 1.29 is 19.8 Å². The standard InChI is InChI=1S/C10H18N2O4S/c1-2-3-11(4-5-13)10(16)12-7-17-6-8(12)9(14)15/h8,13H,2-7H2,1H3,(H,14,15). The third-order valence-electron chi connectivity index (χ3n) is 2.55. The summed E-state index contributed by atoms with van der Waals surface area (Å²) < 4.78 is 0. The maximum Gasteiger partial charge on any atom is 0.327 e. The molecule has 0 saturated carbocycles. The van der Waals surface area contributed by atoms with Gasteiger partial charge in [-0.1, -0.05) is 6.92 Å². The first-order valence-corrected chi connectivity index (χ1v) is 6.74. The van der Waals surface area contributed by atoms with Gasteiger partial charge in [0.05, 0.1) is 12.5 Å². The van der Waals surface area contributed by atoms with E-state index < -0.39 is 12.0 Å². The summed E-state index contributed by atoms with van der Waals surface area (Å²) in [5.74, 6) is -0.134. The number of aliphatic hydroxyl groups excluding tert-OH is 1. The average Bonchev–Trinajstić information content (AvgIpc) is 2.76. The lowest BCUT2D eigenvalue weighted by atomic mass is 10.3. The molecular formula is C10H18N2O4S. The van der Waals surface area contributed by atoms with Gasteiger partial charge in [-0.05, 0) is 6.42 Å². The Kier molecular flexibility index (Phi) is 5.57. The molecule has 1 aliphatic heterocycles. The van der Waals surface area contributed by atoms with Crippen LogP contribution in [0.1, 0.15) is 13.3 Å². The van der Waals surface area contributed by atoms with Gasteiger partial charge < -0.3 is 20.0 Å². The van der Waals surface area contributed by atoms with Crippen LogP contribution in [-0.2, 0) is 4.79 Å². The Labute approximate surface area is 105 Å². The first-order valence-electron chi connectivity index (χ1n) is 5.58. The molecule has 0 bridgehead atoms. The van der Waals surface area contributed by atoms with Crippen molar-refractivity contribution in [3.05, 3.63) is 0 Å². The van der Waals surface area contributed by atoms with Gasteiger partial charge in [-0.25, -0.2) is 9.59 Å². The molecule has 1 unspecified atom stereocenters. The number of carboxylic acid groups (broad SMARTS) is 1. The zero-order valence-electron chi connectivity index (χ0n) is 9.83. The Morgan fingerprint density at radius 2 is 2.18 bits per heavy atom. The van der Waals surface area contributed by atoms with Crippen molar-refractivity contribution >= 4 is 23.8 Å². The molecule has 0 radical (unpaired) electrons. The van der Waals surface area contributed by atoms with Crippen LogP contribution in [0.15, 0.2) is 0 Å². The lowest BCUT2D eigenvalue weighted by Gasteiger charge is -2.29. The lowest BCUT2D eigenvalue weighted by Crippen LogP contribution is -2.49. The molecule has 0 aliphatic carbocycles. The van der Waals surface area contributed by atoms with E-state index in [0.29, 0.717) is 18.2 Å². The van der Waals surface area contributed by atoms with Crippen LogP contribution in [0.25, 0.3) is 0 Å². The van der Waals surface area contributed by atoms with Crippen molar-refractivity contribution in [1.29, 1.82) is 0 Å². The van der Waals surface area contributed by atoms with Crippen LogP contribution in [0.2, 0.25) is 0 Å². The van der Waals surface area contributed by atoms with Crippen LogP contribution < -0.4 is 0 Å². The van der Waals surface area contributed by atoms with Crippen molar-refractivity contribution in [2.45, 2.75) is 19.4 Å². The van der Waals surface area contributed by atoms with E-state index in [9.17, 15) is 9.59 Å². The van der Waals surface area contributed by atoms with E-state index in [1.165, 1.54) is 21.6 Å². The number of aliphatic hydroxyl groups is 1. The van der Waals surface area contributed by atoms with Gasteiger partial charge in [0, 0.05) is 18.8 Å². The highest BCUT2D eigenvalue weighted by atomic mass is 32.2. The van der Waals surface area contributed by atoms with E-state index in [2.05, 4.69) is 0 Å². The number of hydrogen-bond donors (Lipinski definition) is 2. The van der Waals surface area contributed by atoms with Gasteiger partial charge in [-0.3, -0.25) is 0 Å². The highest BCUT2D eigenvalue weighted by molar-refractivity contribution is 7.99. The van der Waals surface area contributed by atoms with Crippen molar-refractivity contribution in [2.75, 3.05) is 31.3 Å². The number of aliphatic carboxylic acids is 1. The monoisotopic (exact) mass is 262 g/mol. The highest BCUT2D eigenvalue weighted by Crippen LogP contribution is 2.22. The summed E-state index contributed by atoms with van der Waals surface area (Å²) in [6, 6.07) is -1.04. The molecule has 2 N–H and O–H groups in total. The van der Waals surface area contributed by atoms with E-state index in [0.717, 1.165) is 6.42 Å². The van der Waals surface area contributed by atoms with Gasteiger partial charge in [-0.2, -0.15) is 0 Å². The second-order valence-electron chi connectivity index (χ2n) is 3.82. The van der Waals surface area contributed by atoms with E-state index in [4.69, 9.17) is 10.2 Å². The van der Waals surface area contributed by atoms with Crippen molar-refractivity contribution in [3.63, 3.8) is 0 Å². The smallest absolute Gasteiger partial charge is 0.327 e. The number of amides is 2. The molecule has 2 amide bonds. The summed E-state index contributed by atoms with van der Waals surface area (Å²) in [5.41, 5.74) is 0. The molecule has 1 heterocycles.